The Labute approximate surface area is 249 Å². The molecule has 0 fully saturated rings. The van der Waals surface area contributed by atoms with Crippen LogP contribution in [0.5, 0.6) is 28.7 Å². The highest BCUT2D eigenvalue weighted by Gasteiger charge is 2.36. The third-order valence-corrected chi connectivity index (χ3v) is 7.33. The van der Waals surface area contributed by atoms with Gasteiger partial charge in [-0.1, -0.05) is 12.1 Å². The Morgan fingerprint density at radius 2 is 1.57 bits per heavy atom. The van der Waals surface area contributed by atoms with Crippen molar-refractivity contribution in [3.8, 4) is 28.7 Å². The number of carbonyl (C=O) groups is 3. The molecule has 0 spiro atoms. The molecule has 3 heterocycles. The van der Waals surface area contributed by atoms with E-state index in [1.165, 1.54) is 42.7 Å². The normalized spacial score (nSPS) is 13.4. The number of rotatable bonds is 6. The van der Waals surface area contributed by atoms with Gasteiger partial charge in [0.15, 0.2) is 11.5 Å². The zero-order valence-corrected chi connectivity index (χ0v) is 23.5. The fourth-order valence-electron chi connectivity index (χ4n) is 5.29. The molecule has 5 aromatic rings. The summed E-state index contributed by atoms with van der Waals surface area (Å²) in [4.78, 5) is 53.4. The first-order valence-electron chi connectivity index (χ1n) is 13.7. The first-order valence-corrected chi connectivity index (χ1v) is 13.7. The zero-order chi connectivity index (χ0) is 30.5. The molecule has 0 unspecified atom stereocenters. The second-order valence-electron chi connectivity index (χ2n) is 10.5. The number of esters is 1. The van der Waals surface area contributed by atoms with E-state index in [0.717, 1.165) is 16.0 Å². The highest BCUT2D eigenvalue weighted by Crippen LogP contribution is 2.34. The van der Waals surface area contributed by atoms with Crippen LogP contribution in [0.25, 0.3) is 11.0 Å². The van der Waals surface area contributed by atoms with Crippen LogP contribution >= 0.6 is 0 Å². The SMILES string of the molecule is Cc1cc(C)cc(Oc2coc3cc(OC(=O)c4ccc5c(c4)C(=O)N(Cc4ccc6c(c4)OCO6)C5=O)ccc3c2=O)c1. The van der Waals surface area contributed by atoms with Crippen LogP contribution in [-0.4, -0.2) is 29.5 Å². The van der Waals surface area contributed by atoms with Crippen molar-refractivity contribution in [3.63, 3.8) is 0 Å². The van der Waals surface area contributed by atoms with Crippen LogP contribution in [0.4, 0.5) is 0 Å². The lowest BCUT2D eigenvalue weighted by Gasteiger charge is -2.14. The van der Waals surface area contributed by atoms with Gasteiger partial charge in [0.1, 0.15) is 23.3 Å². The fraction of sp³-hybridized carbons (Fsp3) is 0.118. The summed E-state index contributed by atoms with van der Waals surface area (Å²) in [5.74, 6) is 0.0711. The quantitative estimate of drug-likeness (QED) is 0.134. The van der Waals surface area contributed by atoms with Crippen LogP contribution < -0.4 is 24.4 Å². The van der Waals surface area contributed by atoms with Gasteiger partial charge in [0.25, 0.3) is 11.8 Å². The largest absolute Gasteiger partial charge is 0.460 e. The Bertz CT molecular complexity index is 2080. The molecule has 218 valence electrons. The monoisotopic (exact) mass is 589 g/mol. The van der Waals surface area contributed by atoms with Gasteiger partial charge in [-0.05, 0) is 85.1 Å². The van der Waals surface area contributed by atoms with Crippen molar-refractivity contribution in [2.75, 3.05) is 6.79 Å². The molecule has 44 heavy (non-hydrogen) atoms. The van der Waals surface area contributed by atoms with Gasteiger partial charge in [0, 0.05) is 6.07 Å². The maximum atomic E-state index is 13.2. The van der Waals surface area contributed by atoms with Gasteiger partial charge in [-0.25, -0.2) is 4.79 Å². The molecule has 0 N–H and O–H groups in total. The van der Waals surface area contributed by atoms with Gasteiger partial charge in [0.2, 0.25) is 18.0 Å². The summed E-state index contributed by atoms with van der Waals surface area (Å²) in [7, 11) is 0. The van der Waals surface area contributed by atoms with Gasteiger partial charge in [0.05, 0.1) is 28.6 Å². The molecule has 2 amide bonds. The molecule has 10 heteroatoms. The topological polar surface area (TPSA) is 122 Å². The predicted octanol–water partition coefficient (Wildman–Crippen LogP) is 5.95. The number of hydrogen-bond acceptors (Lipinski definition) is 9. The zero-order valence-electron chi connectivity index (χ0n) is 23.5. The van der Waals surface area contributed by atoms with Gasteiger partial charge in [-0.15, -0.1) is 0 Å². The molecule has 0 bridgehead atoms. The highest BCUT2D eigenvalue weighted by atomic mass is 16.7. The minimum Gasteiger partial charge on any atom is -0.460 e. The van der Waals surface area contributed by atoms with E-state index in [-0.39, 0.29) is 57.9 Å². The molecule has 1 aromatic heterocycles. The third-order valence-electron chi connectivity index (χ3n) is 7.33. The van der Waals surface area contributed by atoms with E-state index >= 15 is 0 Å². The van der Waals surface area contributed by atoms with Crippen molar-refractivity contribution in [2.24, 2.45) is 0 Å². The van der Waals surface area contributed by atoms with Crippen LogP contribution in [0.2, 0.25) is 0 Å². The van der Waals surface area contributed by atoms with E-state index in [0.29, 0.717) is 22.8 Å². The summed E-state index contributed by atoms with van der Waals surface area (Å²) in [6, 6.07) is 19.4. The minimum absolute atomic E-state index is 0.0252. The molecule has 10 nitrogen and oxygen atoms in total. The van der Waals surface area contributed by atoms with E-state index in [9.17, 15) is 19.2 Å². The smallest absolute Gasteiger partial charge is 0.343 e. The summed E-state index contributed by atoms with van der Waals surface area (Å²) in [5.41, 5.74) is 2.87. The number of amides is 2. The third kappa shape index (κ3) is 4.82. The number of ether oxygens (including phenoxy) is 4. The van der Waals surface area contributed by atoms with Crippen molar-refractivity contribution >= 4 is 28.8 Å². The molecule has 0 radical (unpaired) electrons. The van der Waals surface area contributed by atoms with Crippen LogP contribution in [-0.2, 0) is 6.54 Å². The first kappa shape index (κ1) is 27.0. The first-order chi connectivity index (χ1) is 21.2. The minimum atomic E-state index is -0.751. The second-order valence-corrected chi connectivity index (χ2v) is 10.5. The van der Waals surface area contributed by atoms with E-state index < -0.39 is 17.8 Å². The average Bonchev–Trinajstić information content (AvgIpc) is 3.56. The maximum absolute atomic E-state index is 13.2. The summed E-state index contributed by atoms with van der Waals surface area (Å²) in [6.07, 6.45) is 1.21. The highest BCUT2D eigenvalue weighted by molar-refractivity contribution is 6.21. The lowest BCUT2D eigenvalue weighted by molar-refractivity contribution is 0.0641. The Kier molecular flexibility index (Phi) is 6.39. The number of nitrogens with zero attached hydrogens (tertiary/aromatic N) is 1. The van der Waals surface area contributed by atoms with Crippen molar-refractivity contribution in [2.45, 2.75) is 20.4 Å². The van der Waals surface area contributed by atoms with Crippen LogP contribution in [0.3, 0.4) is 0 Å². The van der Waals surface area contributed by atoms with Crippen molar-refractivity contribution in [3.05, 3.63) is 123 Å². The number of hydrogen-bond donors (Lipinski definition) is 0. The number of benzene rings is 4. The van der Waals surface area contributed by atoms with Crippen molar-refractivity contribution < 1.29 is 37.7 Å². The molecule has 2 aliphatic heterocycles. The molecule has 0 aliphatic carbocycles. The van der Waals surface area contributed by atoms with E-state index in [2.05, 4.69) is 0 Å². The summed E-state index contributed by atoms with van der Waals surface area (Å²) in [6.45, 7) is 4.01. The molecule has 4 aromatic carbocycles. The molecule has 0 saturated carbocycles. The predicted molar refractivity (Wildman–Crippen MR) is 157 cm³/mol. The fourth-order valence-corrected chi connectivity index (χ4v) is 5.29. The van der Waals surface area contributed by atoms with Gasteiger partial charge in [-0.3, -0.25) is 19.3 Å². The van der Waals surface area contributed by atoms with Crippen molar-refractivity contribution in [1.82, 2.24) is 4.90 Å². The average molecular weight is 590 g/mol. The van der Waals surface area contributed by atoms with Gasteiger partial charge >= 0.3 is 5.97 Å². The molecule has 2 aliphatic rings. The molecule has 0 atom stereocenters. The summed E-state index contributed by atoms with van der Waals surface area (Å²) in [5, 5.41) is 0.246. The molecule has 0 saturated heterocycles. The standard InChI is InChI=1S/C34H23NO9/c1-18-9-19(2)11-23(10-18)43-30-16-40-28-14-22(5-7-25(28)31(30)36)44-34(39)21-4-6-24-26(13-21)33(38)35(32(24)37)15-20-3-8-27-29(12-20)42-17-41-27/h3-14,16H,15,17H2,1-2H3. The van der Waals surface area contributed by atoms with E-state index in [4.69, 9.17) is 23.4 Å². The summed E-state index contributed by atoms with van der Waals surface area (Å²) >= 11 is 0. The molecule has 7 rings (SSSR count). The number of carbonyl (C=O) groups excluding carboxylic acids is 3. The molecular formula is C34H23NO9. The number of aryl methyl sites for hydroxylation is 2. The lowest BCUT2D eigenvalue weighted by Crippen LogP contribution is -2.29. The summed E-state index contributed by atoms with van der Waals surface area (Å²) < 4.78 is 27.6. The molecular weight excluding hydrogens is 566 g/mol. The van der Waals surface area contributed by atoms with Crippen molar-refractivity contribution in [1.29, 1.82) is 0 Å². The van der Waals surface area contributed by atoms with Gasteiger partial charge < -0.3 is 23.4 Å². The van der Waals surface area contributed by atoms with Crippen LogP contribution in [0, 0.1) is 13.8 Å². The Balaban J connectivity index is 1.08. The Morgan fingerprint density at radius 3 is 2.39 bits per heavy atom. The van der Waals surface area contributed by atoms with Crippen LogP contribution in [0.1, 0.15) is 47.8 Å². The second kappa shape index (κ2) is 10.4. The Hall–Kier alpha value is -5.90. The Morgan fingerprint density at radius 1 is 0.795 bits per heavy atom. The number of imide groups is 1. The van der Waals surface area contributed by atoms with E-state index in [1.807, 2.05) is 32.0 Å². The van der Waals surface area contributed by atoms with E-state index in [1.54, 1.807) is 18.2 Å². The lowest BCUT2D eigenvalue weighted by atomic mass is 10.1. The maximum Gasteiger partial charge on any atom is 0.343 e. The van der Waals surface area contributed by atoms with Gasteiger partial charge in [-0.2, -0.15) is 0 Å². The number of fused-ring (bicyclic) bond motifs is 3. The van der Waals surface area contributed by atoms with Crippen LogP contribution in [0.15, 0.2) is 88.3 Å².